The van der Waals surface area contributed by atoms with Gasteiger partial charge in [-0.05, 0) is 285 Å². The minimum Gasteiger partial charge on any atom is -0.0894 e. The van der Waals surface area contributed by atoms with Crippen LogP contribution in [0.2, 0.25) is 0 Å². The second-order valence-electron chi connectivity index (χ2n) is 39.6. The molecule has 0 saturated heterocycles. The third-order valence-electron chi connectivity index (χ3n) is 31.7. The van der Waals surface area contributed by atoms with Crippen LogP contribution < -0.4 is 0 Å². The van der Waals surface area contributed by atoms with E-state index in [-0.39, 0.29) is 23.2 Å². The zero-order chi connectivity index (χ0) is 95.2. The summed E-state index contributed by atoms with van der Waals surface area (Å²) in [6.45, 7) is 4.71. The average Bonchev–Trinajstić information content (AvgIpc) is 1.39. The first-order valence-electron chi connectivity index (χ1n) is 50.2. The molecule has 3 aliphatic heterocycles. The highest BCUT2D eigenvalue weighted by Gasteiger charge is 2.47. The molecule has 5 aliphatic rings. The van der Waals surface area contributed by atoms with Gasteiger partial charge in [0.2, 0.25) is 0 Å². The van der Waals surface area contributed by atoms with E-state index in [4.69, 9.17) is 0 Å². The van der Waals surface area contributed by atoms with Crippen molar-refractivity contribution >= 4 is 121 Å². The van der Waals surface area contributed by atoms with Crippen molar-refractivity contribution in [1.82, 2.24) is 0 Å². The minimum atomic E-state index is -0.417. The number of rotatable bonds is 9. The fourth-order valence-electron chi connectivity index (χ4n) is 25.2. The molecule has 0 radical (unpaired) electrons. The molecule has 0 aromatic heterocycles. The molecule has 0 atom stereocenters. The van der Waals surface area contributed by atoms with Gasteiger partial charge in [-0.15, -0.1) is 0 Å². The SMILES string of the molecule is CC1(C)c2ccccc2-c2ccc(-c3ccc(C4c5c(ccc6ccccc56)Sc5ccc6ccccc6c54)cc3)cc21.c1ccc(-c2c(-c3ccc(C4c5c(ccc6ccccc56)Sc5ccc6ccccc6c54)cc3)c3ccccc3c3ccccc23)cc1.c1ccc(C2(c3ccccc3)c3ccccc3-c3ccc(-c4ccc(C5c6c(ccc7ccccc67)Sc6ccc7ccccc7c65)cc4)cc32)cc1. The molecule has 3 heteroatoms. The van der Waals surface area contributed by atoms with Gasteiger partial charge in [0.25, 0.3) is 0 Å². The molecule has 0 spiro atoms. The van der Waals surface area contributed by atoms with E-state index in [2.05, 4.69) is 529 Å². The van der Waals surface area contributed by atoms with E-state index in [0.717, 1.165) is 0 Å². The van der Waals surface area contributed by atoms with Crippen molar-refractivity contribution in [2.75, 3.05) is 0 Å². The van der Waals surface area contributed by atoms with Crippen LogP contribution in [0, 0.1) is 0 Å². The van der Waals surface area contributed by atoms with Gasteiger partial charge in [0.1, 0.15) is 0 Å². The summed E-state index contributed by atoms with van der Waals surface area (Å²) in [6, 6.07) is 192. The topological polar surface area (TPSA) is 0 Å². The fourth-order valence-corrected chi connectivity index (χ4v) is 28.7. The van der Waals surface area contributed by atoms with Crippen LogP contribution in [0.1, 0.15) is 115 Å². The molecule has 0 fully saturated rings. The minimum absolute atomic E-state index is 0.00280. The Kier molecular flexibility index (Phi) is 20.7. The highest BCUT2D eigenvalue weighted by atomic mass is 32.2. The van der Waals surface area contributed by atoms with E-state index >= 15 is 0 Å². The zero-order valence-electron chi connectivity index (χ0n) is 79.5. The molecular formula is C141H94S3. The third-order valence-corrected chi connectivity index (χ3v) is 35.2. The molecule has 144 heavy (non-hydrogen) atoms. The summed E-state index contributed by atoms with van der Waals surface area (Å²) >= 11 is 5.74. The van der Waals surface area contributed by atoms with Crippen LogP contribution in [0.3, 0.4) is 0 Å². The van der Waals surface area contributed by atoms with Gasteiger partial charge in [-0.2, -0.15) is 0 Å². The quantitative estimate of drug-likeness (QED) is 0.132. The number of benzene rings is 25. The Bertz CT molecular complexity index is 9210. The molecule has 2 aliphatic carbocycles. The summed E-state index contributed by atoms with van der Waals surface area (Å²) < 4.78 is 0. The van der Waals surface area contributed by atoms with E-state index in [1.807, 2.05) is 35.3 Å². The maximum atomic E-state index is 2.47. The lowest BCUT2D eigenvalue weighted by molar-refractivity contribution is 0.660. The molecule has 0 amide bonds. The van der Waals surface area contributed by atoms with Crippen molar-refractivity contribution in [3.63, 3.8) is 0 Å². The maximum Gasteiger partial charge on any atom is 0.0713 e. The Morgan fingerprint density at radius 3 is 0.757 bits per heavy atom. The van der Waals surface area contributed by atoms with Crippen molar-refractivity contribution in [3.8, 4) is 66.8 Å². The Hall–Kier alpha value is -16.4. The Balaban J connectivity index is 0.000000106. The predicted molar refractivity (Wildman–Crippen MR) is 610 cm³/mol. The molecule has 0 unspecified atom stereocenters. The van der Waals surface area contributed by atoms with Crippen molar-refractivity contribution in [2.45, 2.75) is 71.8 Å². The van der Waals surface area contributed by atoms with E-state index < -0.39 is 5.41 Å². The van der Waals surface area contributed by atoms with Crippen LogP contribution in [0.15, 0.2) is 545 Å². The molecule has 0 N–H and O–H groups in total. The molecule has 25 aromatic rings. The number of fused-ring (bicyclic) bond motifs is 27. The normalized spacial score (nSPS) is 13.8. The van der Waals surface area contributed by atoms with Gasteiger partial charge >= 0.3 is 0 Å². The van der Waals surface area contributed by atoms with Gasteiger partial charge < -0.3 is 0 Å². The van der Waals surface area contributed by atoms with E-state index in [0.29, 0.717) is 0 Å². The lowest BCUT2D eigenvalue weighted by Gasteiger charge is -2.34. The lowest BCUT2D eigenvalue weighted by atomic mass is 9.67. The van der Waals surface area contributed by atoms with E-state index in [9.17, 15) is 0 Å². The van der Waals surface area contributed by atoms with Gasteiger partial charge in [0.15, 0.2) is 0 Å². The Labute approximate surface area is 852 Å². The van der Waals surface area contributed by atoms with E-state index in [1.54, 1.807) is 0 Å². The van der Waals surface area contributed by atoms with Gasteiger partial charge in [-0.25, -0.2) is 0 Å². The average molecular weight is 1880 g/mol. The van der Waals surface area contributed by atoms with Crippen LogP contribution in [-0.2, 0) is 10.8 Å². The Morgan fingerprint density at radius 2 is 0.410 bits per heavy atom. The summed E-state index contributed by atoms with van der Waals surface area (Å²) in [6.07, 6.45) is 0. The summed E-state index contributed by atoms with van der Waals surface area (Å²) in [4.78, 5) is 8.09. The molecule has 30 rings (SSSR count). The molecular weight excluding hydrogens is 1790 g/mol. The first-order valence-corrected chi connectivity index (χ1v) is 52.7. The van der Waals surface area contributed by atoms with Crippen molar-refractivity contribution in [1.29, 1.82) is 0 Å². The number of hydrogen-bond acceptors (Lipinski definition) is 3. The van der Waals surface area contributed by atoms with Crippen LogP contribution in [-0.4, -0.2) is 0 Å². The first-order chi connectivity index (χ1) is 71.2. The summed E-state index contributed by atoms with van der Waals surface area (Å²) in [5, 5.41) is 20.9. The first kappa shape index (κ1) is 85.6. The number of hydrogen-bond donors (Lipinski definition) is 0. The van der Waals surface area contributed by atoms with Gasteiger partial charge in [0.05, 0.1) is 5.41 Å². The molecule has 0 saturated carbocycles. The molecule has 25 aromatic carbocycles. The Morgan fingerprint density at radius 1 is 0.167 bits per heavy atom. The predicted octanol–water partition coefficient (Wildman–Crippen LogP) is 38.6. The van der Waals surface area contributed by atoms with Crippen molar-refractivity contribution in [3.05, 3.63) is 599 Å². The lowest BCUT2D eigenvalue weighted by Crippen LogP contribution is -2.28. The molecule has 0 bridgehead atoms. The van der Waals surface area contributed by atoms with E-state index in [1.165, 1.54) is 266 Å². The summed E-state index contributed by atoms with van der Waals surface area (Å²) in [5.74, 6) is 0.390. The zero-order valence-corrected chi connectivity index (χ0v) is 82.0. The van der Waals surface area contributed by atoms with Gasteiger partial charge in [0, 0.05) is 52.5 Å². The van der Waals surface area contributed by atoms with Crippen LogP contribution in [0.5, 0.6) is 0 Å². The van der Waals surface area contributed by atoms with Gasteiger partial charge in [-0.3, -0.25) is 0 Å². The molecule has 0 nitrogen and oxygen atoms in total. The summed E-state index contributed by atoms with van der Waals surface area (Å²) in [7, 11) is 0. The molecule has 676 valence electrons. The summed E-state index contributed by atoms with van der Waals surface area (Å²) in [5.41, 5.74) is 35.6. The molecule has 3 heterocycles. The van der Waals surface area contributed by atoms with Crippen LogP contribution in [0.4, 0.5) is 0 Å². The third kappa shape index (κ3) is 13.8. The second kappa shape index (κ2) is 34.8. The second-order valence-corrected chi connectivity index (χ2v) is 42.8. The fraction of sp³-hybridized carbons (Fsp3) is 0.0496. The standard InChI is InChI=1S/C52H34S.C47H30S.C42H30S/c1-3-15-39(16-4-1)52(40-17-5-2-6-18-40)45-22-12-11-21-43(45)44-30-27-38(33-46(44)52)34-23-25-37(26-24-34)49-50-41-19-9-7-13-35(41)28-31-47(50)53-48-32-29-36-14-8-10-20-42(36)51(48)49;1-2-14-32(15-3-1)43-39-20-10-8-18-37(39)38-19-9-11-21-40(38)44(43)33-22-24-34(25-23-33)45-46-35-16-6-4-12-30(35)26-28-41(46)48-42-29-27-31-13-5-7-17-36(31)47(42)45;1-42(2)35-14-8-7-13-33(35)34-22-19-30(25-36(34)42)26-15-17-29(18-16-26)39-40-31-11-5-3-9-27(31)20-23-37(40)43-38-24-21-28-10-4-6-12-32(28)41(38)39/h1-33,49H;1-29,45H;3-25,39H,1-2H3. The maximum absolute atomic E-state index is 2.47. The van der Waals surface area contributed by atoms with Crippen LogP contribution in [0.25, 0.3) is 153 Å². The van der Waals surface area contributed by atoms with Crippen molar-refractivity contribution in [2.24, 2.45) is 0 Å². The van der Waals surface area contributed by atoms with Crippen molar-refractivity contribution < 1.29 is 0 Å². The highest BCUT2D eigenvalue weighted by Crippen LogP contribution is 2.61. The van der Waals surface area contributed by atoms with Gasteiger partial charge in [-0.1, -0.05) is 516 Å². The highest BCUT2D eigenvalue weighted by molar-refractivity contribution is 8.00. The van der Waals surface area contributed by atoms with Crippen LogP contribution >= 0.6 is 35.3 Å². The largest absolute Gasteiger partial charge is 0.0894 e. The smallest absolute Gasteiger partial charge is 0.0713 e. The monoisotopic (exact) mass is 1880 g/mol.